The Morgan fingerprint density at radius 2 is 1.79 bits per heavy atom. The zero-order valence-corrected chi connectivity index (χ0v) is 16.3. The van der Waals surface area contributed by atoms with Crippen molar-refractivity contribution in [2.75, 3.05) is 26.2 Å². The van der Waals surface area contributed by atoms with Gasteiger partial charge >= 0.3 is 6.18 Å². The molecule has 1 fully saturated rings. The molecule has 1 amide bonds. The quantitative estimate of drug-likeness (QED) is 0.750. The highest BCUT2D eigenvalue weighted by Gasteiger charge is 2.38. The number of hydrogen-bond donors (Lipinski definition) is 0. The number of halogens is 4. The fourth-order valence-corrected chi connectivity index (χ4v) is 3.52. The van der Waals surface area contributed by atoms with Gasteiger partial charge in [-0.15, -0.1) is 0 Å². The van der Waals surface area contributed by atoms with Crippen LogP contribution in [0.2, 0.25) is 5.02 Å². The summed E-state index contributed by atoms with van der Waals surface area (Å²) in [6.45, 7) is 5.14. The normalized spacial score (nSPS) is 15.8. The van der Waals surface area contributed by atoms with Crippen LogP contribution in [0.3, 0.4) is 0 Å². The van der Waals surface area contributed by atoms with Crippen molar-refractivity contribution in [3.05, 3.63) is 52.3 Å². The van der Waals surface area contributed by atoms with E-state index >= 15 is 0 Å². The molecule has 152 valence electrons. The van der Waals surface area contributed by atoms with E-state index in [0.29, 0.717) is 13.1 Å². The van der Waals surface area contributed by atoms with Crippen molar-refractivity contribution in [1.29, 1.82) is 0 Å². The number of rotatable bonds is 5. The Kier molecular flexibility index (Phi) is 6.30. The average Bonchev–Trinajstić information content (AvgIpc) is 2.96. The van der Waals surface area contributed by atoms with Crippen LogP contribution in [0, 0.1) is 6.92 Å². The molecule has 1 aromatic heterocycles. The summed E-state index contributed by atoms with van der Waals surface area (Å²) in [7, 11) is 0. The number of carbonyl (C=O) groups is 1. The van der Waals surface area contributed by atoms with Crippen molar-refractivity contribution in [2.45, 2.75) is 32.6 Å². The predicted molar refractivity (Wildman–Crippen MR) is 99.9 cm³/mol. The van der Waals surface area contributed by atoms with Gasteiger partial charge in [-0.2, -0.15) is 18.3 Å². The van der Waals surface area contributed by atoms with E-state index in [1.807, 2.05) is 18.2 Å². The largest absolute Gasteiger partial charge is 0.436 e. The third-order valence-electron chi connectivity index (χ3n) is 4.91. The zero-order valence-electron chi connectivity index (χ0n) is 15.5. The molecule has 1 aliphatic rings. The number of benzene rings is 1. The Morgan fingerprint density at radius 1 is 1.14 bits per heavy atom. The average molecular weight is 415 g/mol. The number of hydrogen-bond acceptors (Lipinski definition) is 3. The highest BCUT2D eigenvalue weighted by Crippen LogP contribution is 2.35. The first-order valence-electron chi connectivity index (χ1n) is 9.10. The number of amides is 1. The number of aryl methyl sites for hydroxylation is 1. The van der Waals surface area contributed by atoms with Gasteiger partial charge in [0.15, 0.2) is 5.69 Å². The Balaban J connectivity index is 1.50. The molecule has 0 bridgehead atoms. The summed E-state index contributed by atoms with van der Waals surface area (Å²) in [6.07, 6.45) is -4.51. The van der Waals surface area contributed by atoms with Crippen molar-refractivity contribution >= 4 is 17.5 Å². The summed E-state index contributed by atoms with van der Waals surface area (Å²) in [5, 5.41) is 3.13. The third-order valence-corrected chi connectivity index (χ3v) is 5.37. The summed E-state index contributed by atoms with van der Waals surface area (Å²) >= 11 is 5.74. The number of alkyl halides is 3. The van der Waals surface area contributed by atoms with Gasteiger partial charge in [-0.25, -0.2) is 0 Å². The van der Waals surface area contributed by atoms with Gasteiger partial charge < -0.3 is 4.90 Å². The lowest BCUT2D eigenvalue weighted by Gasteiger charge is -2.34. The van der Waals surface area contributed by atoms with Crippen LogP contribution in [0.4, 0.5) is 13.2 Å². The van der Waals surface area contributed by atoms with Gasteiger partial charge in [0.25, 0.3) is 0 Å². The van der Waals surface area contributed by atoms with Gasteiger partial charge in [-0.05, 0) is 12.5 Å². The van der Waals surface area contributed by atoms with Crippen LogP contribution in [-0.4, -0.2) is 51.7 Å². The van der Waals surface area contributed by atoms with Crippen LogP contribution >= 0.6 is 11.6 Å². The first kappa shape index (κ1) is 20.7. The molecule has 0 spiro atoms. The summed E-state index contributed by atoms with van der Waals surface area (Å²) < 4.78 is 39.8. The first-order chi connectivity index (χ1) is 13.3. The first-order valence-corrected chi connectivity index (χ1v) is 9.47. The summed E-state index contributed by atoms with van der Waals surface area (Å²) in [5.41, 5.74) is 0.344. The van der Waals surface area contributed by atoms with Crippen LogP contribution in [0.25, 0.3) is 0 Å². The minimum atomic E-state index is -4.60. The SMILES string of the molecule is Cc1c(Cl)c(C(F)(F)F)nn1CCC(=O)N1CCN(Cc2ccccc2)CC1. The molecule has 2 aromatic rings. The molecular formula is C19H22ClF3N4O. The summed E-state index contributed by atoms with van der Waals surface area (Å²) in [5.74, 6) is -0.0843. The van der Waals surface area contributed by atoms with Gasteiger partial charge in [0.1, 0.15) is 0 Å². The molecule has 0 radical (unpaired) electrons. The van der Waals surface area contributed by atoms with Crippen molar-refractivity contribution in [1.82, 2.24) is 19.6 Å². The Hall–Kier alpha value is -2.06. The van der Waals surface area contributed by atoms with Crippen LogP contribution < -0.4 is 0 Å². The predicted octanol–water partition coefficient (Wildman–Crippen LogP) is 3.60. The minimum absolute atomic E-state index is 0.0741. The molecule has 1 saturated heterocycles. The third kappa shape index (κ3) is 4.86. The van der Waals surface area contributed by atoms with Crippen LogP contribution in [0.15, 0.2) is 30.3 Å². The Morgan fingerprint density at radius 3 is 2.36 bits per heavy atom. The molecule has 2 heterocycles. The van der Waals surface area contributed by atoms with Crippen LogP contribution in [-0.2, 0) is 24.1 Å². The molecule has 0 aliphatic carbocycles. The number of carbonyl (C=O) groups excluding carboxylic acids is 1. The van der Waals surface area contributed by atoms with Crippen LogP contribution in [0.5, 0.6) is 0 Å². The molecule has 3 rings (SSSR count). The van der Waals surface area contributed by atoms with Crippen LogP contribution in [0.1, 0.15) is 23.4 Å². The maximum Gasteiger partial charge on any atom is 0.436 e. The van der Waals surface area contributed by atoms with Crippen molar-refractivity contribution in [3.8, 4) is 0 Å². The standard InChI is InChI=1S/C19H22ClF3N4O/c1-14-17(20)18(19(21,22)23)24-27(14)8-7-16(28)26-11-9-25(10-12-26)13-15-5-3-2-4-6-15/h2-6H,7-13H2,1H3. The molecule has 0 atom stereocenters. The highest BCUT2D eigenvalue weighted by molar-refractivity contribution is 6.31. The van der Waals surface area contributed by atoms with E-state index in [0.717, 1.165) is 24.3 Å². The van der Waals surface area contributed by atoms with E-state index in [2.05, 4.69) is 22.1 Å². The molecule has 28 heavy (non-hydrogen) atoms. The zero-order chi connectivity index (χ0) is 20.3. The smallest absolute Gasteiger partial charge is 0.340 e. The number of piperazine rings is 1. The molecule has 5 nitrogen and oxygen atoms in total. The van der Waals surface area contributed by atoms with Gasteiger partial charge in [-0.1, -0.05) is 41.9 Å². The molecule has 1 aromatic carbocycles. The van der Waals surface area contributed by atoms with E-state index in [4.69, 9.17) is 11.6 Å². The van der Waals surface area contributed by atoms with Crippen molar-refractivity contribution in [2.24, 2.45) is 0 Å². The summed E-state index contributed by atoms with van der Waals surface area (Å²) in [6, 6.07) is 10.1. The second-order valence-electron chi connectivity index (χ2n) is 6.86. The van der Waals surface area contributed by atoms with Gasteiger partial charge in [-0.3, -0.25) is 14.4 Å². The van der Waals surface area contributed by atoms with Gasteiger partial charge in [0.2, 0.25) is 5.91 Å². The molecule has 0 saturated carbocycles. The van der Waals surface area contributed by atoms with Crippen molar-refractivity contribution < 1.29 is 18.0 Å². The lowest BCUT2D eigenvalue weighted by Crippen LogP contribution is -2.48. The molecule has 0 unspecified atom stereocenters. The second-order valence-corrected chi connectivity index (χ2v) is 7.24. The maximum atomic E-state index is 12.9. The van der Waals surface area contributed by atoms with E-state index in [9.17, 15) is 18.0 Å². The minimum Gasteiger partial charge on any atom is -0.340 e. The molecular weight excluding hydrogens is 393 g/mol. The van der Waals surface area contributed by atoms with Gasteiger partial charge in [0, 0.05) is 39.1 Å². The molecule has 9 heteroatoms. The maximum absolute atomic E-state index is 12.9. The second kappa shape index (κ2) is 8.53. The topological polar surface area (TPSA) is 41.4 Å². The highest BCUT2D eigenvalue weighted by atomic mass is 35.5. The van der Waals surface area contributed by atoms with E-state index < -0.39 is 16.9 Å². The number of nitrogens with zero attached hydrogens (tertiary/aromatic N) is 4. The Bertz CT molecular complexity index is 815. The van der Waals surface area contributed by atoms with Gasteiger partial charge in [0.05, 0.1) is 17.3 Å². The van der Waals surface area contributed by atoms with E-state index in [1.165, 1.54) is 12.5 Å². The molecule has 0 N–H and O–H groups in total. The lowest BCUT2D eigenvalue weighted by molar-refractivity contribution is -0.141. The lowest BCUT2D eigenvalue weighted by atomic mass is 10.2. The molecule has 1 aliphatic heterocycles. The number of aromatic nitrogens is 2. The van der Waals surface area contributed by atoms with E-state index in [1.54, 1.807) is 4.90 Å². The fourth-order valence-electron chi connectivity index (χ4n) is 3.28. The Labute approximate surface area is 166 Å². The fraction of sp³-hybridized carbons (Fsp3) is 0.474. The monoisotopic (exact) mass is 414 g/mol. The van der Waals surface area contributed by atoms with E-state index in [-0.39, 0.29) is 24.6 Å². The summed E-state index contributed by atoms with van der Waals surface area (Å²) in [4.78, 5) is 16.5. The van der Waals surface area contributed by atoms with Crippen molar-refractivity contribution in [3.63, 3.8) is 0 Å².